The smallest absolute Gasteiger partial charge is 0.155 e. The SMILES string of the molecule is C=C(N)C(C(=N)N=CC)=C(N)c1ccc(Oc2ccccc2)cc1. The number of para-hydroxylation sites is 1. The second kappa shape index (κ2) is 7.78. The van der Waals surface area contributed by atoms with Gasteiger partial charge < -0.3 is 16.2 Å². The van der Waals surface area contributed by atoms with Crippen LogP contribution >= 0.6 is 0 Å². The second-order valence-electron chi connectivity index (χ2n) is 4.99. The highest BCUT2D eigenvalue weighted by molar-refractivity contribution is 6.08. The highest BCUT2D eigenvalue weighted by atomic mass is 16.5. The van der Waals surface area contributed by atoms with Crippen LogP contribution in [0.15, 0.2) is 77.4 Å². The van der Waals surface area contributed by atoms with Crippen molar-refractivity contribution in [2.45, 2.75) is 6.92 Å². The molecule has 24 heavy (non-hydrogen) atoms. The van der Waals surface area contributed by atoms with E-state index in [1.165, 1.54) is 6.21 Å². The highest BCUT2D eigenvalue weighted by Gasteiger charge is 2.12. The van der Waals surface area contributed by atoms with Gasteiger partial charge in [0.1, 0.15) is 11.5 Å². The fourth-order valence-corrected chi connectivity index (χ4v) is 2.12. The van der Waals surface area contributed by atoms with Gasteiger partial charge in [0.05, 0.1) is 11.3 Å². The molecule has 0 fully saturated rings. The van der Waals surface area contributed by atoms with Gasteiger partial charge in [-0.25, -0.2) is 4.99 Å². The number of benzene rings is 2. The third kappa shape index (κ3) is 4.10. The summed E-state index contributed by atoms with van der Waals surface area (Å²) in [5.41, 5.74) is 13.5. The Morgan fingerprint density at radius 1 is 1.04 bits per heavy atom. The maximum absolute atomic E-state index is 7.95. The number of nitrogens with zero attached hydrogens (tertiary/aromatic N) is 1. The predicted molar refractivity (Wildman–Crippen MR) is 99.3 cm³/mol. The van der Waals surface area contributed by atoms with Crippen LogP contribution in [0.2, 0.25) is 0 Å². The Hall–Kier alpha value is -3.34. The Kier molecular flexibility index (Phi) is 5.52. The van der Waals surface area contributed by atoms with Crippen molar-refractivity contribution in [3.05, 3.63) is 78.0 Å². The lowest BCUT2D eigenvalue weighted by Crippen LogP contribution is -2.14. The number of hydrogen-bond donors (Lipinski definition) is 3. The number of amidine groups is 1. The molecule has 122 valence electrons. The van der Waals surface area contributed by atoms with Crippen molar-refractivity contribution in [3.8, 4) is 11.5 Å². The lowest BCUT2D eigenvalue weighted by atomic mass is 10.0. The Bertz CT molecular complexity index is 790. The van der Waals surface area contributed by atoms with Crippen molar-refractivity contribution in [2.24, 2.45) is 16.5 Å². The van der Waals surface area contributed by atoms with Crippen LogP contribution in [0.4, 0.5) is 0 Å². The molecule has 0 aliphatic rings. The number of rotatable bonds is 5. The third-order valence-corrected chi connectivity index (χ3v) is 3.23. The molecule has 0 aliphatic carbocycles. The zero-order valence-electron chi connectivity index (χ0n) is 13.5. The fourth-order valence-electron chi connectivity index (χ4n) is 2.12. The Labute approximate surface area is 141 Å². The number of ether oxygens (including phenoxy) is 1. The lowest BCUT2D eigenvalue weighted by Gasteiger charge is -2.11. The molecular weight excluding hydrogens is 300 g/mol. The Morgan fingerprint density at radius 2 is 1.62 bits per heavy atom. The summed E-state index contributed by atoms with van der Waals surface area (Å²) in [6.45, 7) is 5.40. The number of nitrogens with two attached hydrogens (primary N) is 2. The highest BCUT2D eigenvalue weighted by Crippen LogP contribution is 2.24. The quantitative estimate of drug-likeness (QED) is 0.445. The number of nitrogens with one attached hydrogen (secondary N) is 1. The van der Waals surface area contributed by atoms with Gasteiger partial charge in [-0.2, -0.15) is 0 Å². The molecule has 0 radical (unpaired) electrons. The molecule has 0 amide bonds. The van der Waals surface area contributed by atoms with Gasteiger partial charge in [0.2, 0.25) is 0 Å². The van der Waals surface area contributed by atoms with Crippen LogP contribution in [-0.2, 0) is 0 Å². The van der Waals surface area contributed by atoms with Gasteiger partial charge >= 0.3 is 0 Å². The van der Waals surface area contributed by atoms with E-state index in [-0.39, 0.29) is 11.5 Å². The standard InChI is InChI=1S/C19H20N4O/c1-3-23-19(22)17(13(2)20)18(21)14-9-11-16(12-10-14)24-15-7-5-4-6-8-15/h3-12,22H,2,20-21H2,1H3. The first-order valence-corrected chi connectivity index (χ1v) is 7.38. The monoisotopic (exact) mass is 320 g/mol. The van der Waals surface area contributed by atoms with Crippen molar-refractivity contribution >= 4 is 17.7 Å². The van der Waals surface area contributed by atoms with Gasteiger partial charge in [-0.15, -0.1) is 0 Å². The lowest BCUT2D eigenvalue weighted by molar-refractivity contribution is 0.482. The molecule has 0 bridgehead atoms. The van der Waals surface area contributed by atoms with E-state index in [9.17, 15) is 0 Å². The molecule has 0 aromatic heterocycles. The van der Waals surface area contributed by atoms with E-state index in [0.29, 0.717) is 22.6 Å². The largest absolute Gasteiger partial charge is 0.457 e. The van der Waals surface area contributed by atoms with E-state index >= 15 is 0 Å². The van der Waals surface area contributed by atoms with Gasteiger partial charge in [0, 0.05) is 11.9 Å². The van der Waals surface area contributed by atoms with Crippen LogP contribution in [0.1, 0.15) is 12.5 Å². The first-order valence-electron chi connectivity index (χ1n) is 7.38. The minimum atomic E-state index is -0.0212. The van der Waals surface area contributed by atoms with Crippen molar-refractivity contribution in [1.82, 2.24) is 0 Å². The topological polar surface area (TPSA) is 97.5 Å². The van der Waals surface area contributed by atoms with Gasteiger partial charge in [-0.05, 0) is 48.9 Å². The molecule has 0 spiro atoms. The molecule has 2 aromatic carbocycles. The number of aliphatic imine (C=N–C) groups is 1. The van der Waals surface area contributed by atoms with E-state index < -0.39 is 0 Å². The molecule has 5 heteroatoms. The normalized spacial score (nSPS) is 11.9. The Balaban J connectivity index is 2.29. The zero-order valence-corrected chi connectivity index (χ0v) is 13.5. The maximum Gasteiger partial charge on any atom is 0.155 e. The first-order chi connectivity index (χ1) is 11.5. The molecule has 0 heterocycles. The zero-order chi connectivity index (χ0) is 17.5. The summed E-state index contributed by atoms with van der Waals surface area (Å²) >= 11 is 0. The summed E-state index contributed by atoms with van der Waals surface area (Å²) in [6, 6.07) is 16.7. The van der Waals surface area contributed by atoms with Crippen molar-refractivity contribution in [2.75, 3.05) is 0 Å². The molecule has 0 saturated heterocycles. The van der Waals surface area contributed by atoms with Crippen molar-refractivity contribution < 1.29 is 4.74 Å². The maximum atomic E-state index is 7.95. The molecule has 0 unspecified atom stereocenters. The van der Waals surface area contributed by atoms with E-state index in [2.05, 4.69) is 11.6 Å². The van der Waals surface area contributed by atoms with Gasteiger partial charge in [0.25, 0.3) is 0 Å². The summed E-state index contributed by atoms with van der Waals surface area (Å²) in [7, 11) is 0. The van der Waals surface area contributed by atoms with Crippen LogP contribution in [0, 0.1) is 5.41 Å². The van der Waals surface area contributed by atoms with E-state index in [1.54, 1.807) is 31.2 Å². The summed E-state index contributed by atoms with van der Waals surface area (Å²) in [5, 5.41) is 7.95. The first kappa shape index (κ1) is 17.0. The molecule has 0 atom stereocenters. The molecular formula is C19H20N4O. The third-order valence-electron chi connectivity index (χ3n) is 3.23. The molecule has 2 rings (SSSR count). The minimum Gasteiger partial charge on any atom is -0.457 e. The average Bonchev–Trinajstić information content (AvgIpc) is 2.56. The van der Waals surface area contributed by atoms with Gasteiger partial charge in [0.15, 0.2) is 5.84 Å². The average molecular weight is 320 g/mol. The molecule has 5 nitrogen and oxygen atoms in total. The van der Waals surface area contributed by atoms with E-state index in [4.69, 9.17) is 21.6 Å². The second-order valence-corrected chi connectivity index (χ2v) is 4.99. The fraction of sp³-hybridized carbons (Fsp3) is 0.0526. The van der Waals surface area contributed by atoms with Gasteiger partial charge in [-0.1, -0.05) is 24.8 Å². The van der Waals surface area contributed by atoms with Crippen molar-refractivity contribution in [3.63, 3.8) is 0 Å². The minimum absolute atomic E-state index is 0.0212. The van der Waals surface area contributed by atoms with E-state index in [0.717, 1.165) is 5.75 Å². The molecule has 5 N–H and O–H groups in total. The summed E-state index contributed by atoms with van der Waals surface area (Å²) < 4.78 is 5.74. The molecule has 0 saturated carbocycles. The van der Waals surface area contributed by atoms with Crippen LogP contribution < -0.4 is 16.2 Å². The van der Waals surface area contributed by atoms with Crippen LogP contribution in [-0.4, -0.2) is 12.1 Å². The van der Waals surface area contributed by atoms with E-state index in [1.807, 2.05) is 30.3 Å². The van der Waals surface area contributed by atoms with Crippen LogP contribution in [0.5, 0.6) is 11.5 Å². The molecule has 0 aliphatic heterocycles. The van der Waals surface area contributed by atoms with Crippen LogP contribution in [0.3, 0.4) is 0 Å². The number of hydrogen-bond acceptors (Lipinski definition) is 4. The Morgan fingerprint density at radius 3 is 2.17 bits per heavy atom. The molecule has 2 aromatic rings. The van der Waals surface area contributed by atoms with Gasteiger partial charge in [-0.3, -0.25) is 5.41 Å². The summed E-state index contributed by atoms with van der Waals surface area (Å²) in [4.78, 5) is 3.92. The van der Waals surface area contributed by atoms with Crippen molar-refractivity contribution in [1.29, 1.82) is 5.41 Å². The predicted octanol–water partition coefficient (Wildman–Crippen LogP) is 3.69. The van der Waals surface area contributed by atoms with Crippen LogP contribution in [0.25, 0.3) is 5.70 Å². The summed E-state index contributed by atoms with van der Waals surface area (Å²) in [5.74, 6) is 1.42. The summed E-state index contributed by atoms with van der Waals surface area (Å²) in [6.07, 6.45) is 1.51.